The lowest BCUT2D eigenvalue weighted by atomic mass is 9.91. The Morgan fingerprint density at radius 2 is 1.73 bits per heavy atom. The molecule has 1 saturated carbocycles. The van der Waals surface area contributed by atoms with E-state index in [0.717, 1.165) is 32.4 Å². The maximum atomic E-state index is 13.3. The van der Waals surface area contributed by atoms with Crippen molar-refractivity contribution in [1.82, 2.24) is 4.90 Å². The molecule has 1 aliphatic heterocycles. The molecule has 0 bridgehead atoms. The van der Waals surface area contributed by atoms with Crippen molar-refractivity contribution < 1.29 is 4.39 Å². The second kappa shape index (κ2) is 3.10. The first kappa shape index (κ1) is 7.53. The summed E-state index contributed by atoms with van der Waals surface area (Å²) in [7, 11) is 0. The quantitative estimate of drug-likeness (QED) is 0.562. The largest absolute Gasteiger partial charge is 0.297 e. The smallest absolute Gasteiger partial charge is 0.116 e. The summed E-state index contributed by atoms with van der Waals surface area (Å²) in [5.41, 5.74) is 0. The van der Waals surface area contributed by atoms with Crippen LogP contribution in [0, 0.1) is 0 Å². The predicted octanol–water partition coefficient (Wildman–Crippen LogP) is 1.97. The van der Waals surface area contributed by atoms with Crippen LogP contribution in [0.1, 0.15) is 32.1 Å². The van der Waals surface area contributed by atoms with Gasteiger partial charge in [-0.3, -0.25) is 4.90 Å². The van der Waals surface area contributed by atoms with E-state index >= 15 is 0 Å². The third kappa shape index (κ3) is 1.41. The standard InChI is InChI=1S/C9H16FN/c10-8-4-1-2-5-9(8)11-6-3-7-11/h8-9H,1-7H2/t8-,9+/m1/s1. The topological polar surface area (TPSA) is 3.24 Å². The molecule has 0 N–H and O–H groups in total. The van der Waals surface area contributed by atoms with Gasteiger partial charge in [0.2, 0.25) is 0 Å². The van der Waals surface area contributed by atoms with Crippen molar-refractivity contribution in [3.8, 4) is 0 Å². The van der Waals surface area contributed by atoms with Gasteiger partial charge in [-0.1, -0.05) is 12.8 Å². The van der Waals surface area contributed by atoms with Crippen LogP contribution in [0.2, 0.25) is 0 Å². The van der Waals surface area contributed by atoms with Crippen molar-refractivity contribution in [1.29, 1.82) is 0 Å². The number of likely N-dealkylation sites (tertiary alicyclic amines) is 1. The summed E-state index contributed by atoms with van der Waals surface area (Å²) < 4.78 is 13.3. The highest BCUT2D eigenvalue weighted by molar-refractivity contribution is 4.86. The van der Waals surface area contributed by atoms with Crippen LogP contribution in [-0.4, -0.2) is 30.2 Å². The molecule has 1 aliphatic carbocycles. The maximum absolute atomic E-state index is 13.3. The molecule has 1 saturated heterocycles. The monoisotopic (exact) mass is 157 g/mol. The van der Waals surface area contributed by atoms with Crippen LogP contribution in [-0.2, 0) is 0 Å². The first-order valence-electron chi connectivity index (χ1n) is 4.76. The zero-order valence-electron chi connectivity index (χ0n) is 6.93. The number of hydrogen-bond acceptors (Lipinski definition) is 1. The van der Waals surface area contributed by atoms with E-state index in [1.54, 1.807) is 0 Å². The predicted molar refractivity (Wildman–Crippen MR) is 43.3 cm³/mol. The third-order valence-electron chi connectivity index (χ3n) is 3.01. The summed E-state index contributed by atoms with van der Waals surface area (Å²) in [5, 5.41) is 0. The van der Waals surface area contributed by atoms with Gasteiger partial charge in [-0.05, 0) is 32.4 Å². The Morgan fingerprint density at radius 3 is 2.27 bits per heavy atom. The molecule has 0 aromatic rings. The van der Waals surface area contributed by atoms with Gasteiger partial charge < -0.3 is 0 Å². The Labute approximate surface area is 67.6 Å². The van der Waals surface area contributed by atoms with Gasteiger partial charge in [0.05, 0.1) is 0 Å². The van der Waals surface area contributed by atoms with Gasteiger partial charge in [0.25, 0.3) is 0 Å². The zero-order chi connectivity index (χ0) is 7.68. The average Bonchev–Trinajstić information content (AvgIpc) is 1.90. The van der Waals surface area contributed by atoms with Crippen molar-refractivity contribution in [2.45, 2.75) is 44.3 Å². The van der Waals surface area contributed by atoms with Crippen LogP contribution >= 0.6 is 0 Å². The first-order chi connectivity index (χ1) is 5.38. The van der Waals surface area contributed by atoms with Crippen LogP contribution in [0.25, 0.3) is 0 Å². The van der Waals surface area contributed by atoms with Crippen LogP contribution in [0.3, 0.4) is 0 Å². The summed E-state index contributed by atoms with van der Waals surface area (Å²) in [6, 6.07) is 0.289. The molecule has 1 nitrogen and oxygen atoms in total. The molecular weight excluding hydrogens is 141 g/mol. The van der Waals surface area contributed by atoms with E-state index in [0.29, 0.717) is 0 Å². The molecule has 1 heterocycles. The Balaban J connectivity index is 1.88. The minimum Gasteiger partial charge on any atom is -0.297 e. The lowest BCUT2D eigenvalue weighted by Crippen LogP contribution is -2.50. The fraction of sp³-hybridized carbons (Fsp3) is 1.00. The molecule has 0 amide bonds. The van der Waals surface area contributed by atoms with Crippen LogP contribution in [0.5, 0.6) is 0 Å². The maximum Gasteiger partial charge on any atom is 0.116 e. The molecular formula is C9H16FN. The van der Waals surface area contributed by atoms with Crippen molar-refractivity contribution >= 4 is 0 Å². The number of hydrogen-bond donors (Lipinski definition) is 0. The summed E-state index contributed by atoms with van der Waals surface area (Å²) in [6.07, 6.45) is 5.00. The van der Waals surface area contributed by atoms with Crippen LogP contribution < -0.4 is 0 Å². The van der Waals surface area contributed by atoms with Gasteiger partial charge >= 0.3 is 0 Å². The number of rotatable bonds is 1. The van der Waals surface area contributed by atoms with Gasteiger partial charge in [0.1, 0.15) is 6.17 Å². The Kier molecular flexibility index (Phi) is 2.12. The van der Waals surface area contributed by atoms with Gasteiger partial charge in [0, 0.05) is 6.04 Å². The van der Waals surface area contributed by atoms with Gasteiger partial charge in [-0.25, -0.2) is 4.39 Å². The van der Waals surface area contributed by atoms with E-state index in [1.165, 1.54) is 12.8 Å². The van der Waals surface area contributed by atoms with Crippen LogP contribution in [0.4, 0.5) is 4.39 Å². The highest BCUT2D eigenvalue weighted by Gasteiger charge is 2.32. The third-order valence-corrected chi connectivity index (χ3v) is 3.01. The van der Waals surface area contributed by atoms with Crippen molar-refractivity contribution in [2.24, 2.45) is 0 Å². The highest BCUT2D eigenvalue weighted by Crippen LogP contribution is 2.28. The highest BCUT2D eigenvalue weighted by atomic mass is 19.1. The molecule has 0 unspecified atom stereocenters. The fourth-order valence-electron chi connectivity index (χ4n) is 2.15. The van der Waals surface area contributed by atoms with Crippen molar-refractivity contribution in [2.75, 3.05) is 13.1 Å². The number of alkyl halides is 1. The minimum atomic E-state index is -0.524. The van der Waals surface area contributed by atoms with Crippen molar-refractivity contribution in [3.63, 3.8) is 0 Å². The summed E-state index contributed by atoms with van der Waals surface area (Å²) in [6.45, 7) is 2.29. The zero-order valence-corrected chi connectivity index (χ0v) is 6.93. The first-order valence-corrected chi connectivity index (χ1v) is 4.76. The summed E-state index contributed by atoms with van der Waals surface area (Å²) in [4.78, 5) is 2.31. The minimum absolute atomic E-state index is 0.289. The Morgan fingerprint density at radius 1 is 1.00 bits per heavy atom. The molecule has 0 aromatic carbocycles. The Bertz CT molecular complexity index is 132. The average molecular weight is 157 g/mol. The van der Waals surface area contributed by atoms with Crippen LogP contribution in [0.15, 0.2) is 0 Å². The number of halogens is 1. The lowest BCUT2D eigenvalue weighted by Gasteiger charge is -2.41. The normalized spacial score (nSPS) is 40.1. The van der Waals surface area contributed by atoms with E-state index in [4.69, 9.17) is 0 Å². The van der Waals surface area contributed by atoms with E-state index in [1.807, 2.05) is 0 Å². The van der Waals surface area contributed by atoms with Crippen molar-refractivity contribution in [3.05, 3.63) is 0 Å². The van der Waals surface area contributed by atoms with Gasteiger partial charge in [-0.15, -0.1) is 0 Å². The molecule has 2 fully saturated rings. The fourth-order valence-corrected chi connectivity index (χ4v) is 2.15. The molecule has 64 valence electrons. The van der Waals surface area contributed by atoms with E-state index in [2.05, 4.69) is 4.90 Å². The Hall–Kier alpha value is -0.110. The SMILES string of the molecule is F[C@@H]1CCCC[C@@H]1N1CCC1. The van der Waals surface area contributed by atoms with E-state index in [9.17, 15) is 4.39 Å². The molecule has 0 radical (unpaired) electrons. The molecule has 2 aliphatic rings. The van der Waals surface area contributed by atoms with Gasteiger partial charge in [0.15, 0.2) is 0 Å². The van der Waals surface area contributed by atoms with Gasteiger partial charge in [-0.2, -0.15) is 0 Å². The molecule has 0 aromatic heterocycles. The molecule has 2 rings (SSSR count). The molecule has 11 heavy (non-hydrogen) atoms. The molecule has 2 atom stereocenters. The summed E-state index contributed by atoms with van der Waals surface area (Å²) >= 11 is 0. The lowest BCUT2D eigenvalue weighted by molar-refractivity contribution is 0.0336. The second-order valence-corrected chi connectivity index (χ2v) is 3.76. The molecule has 2 heteroatoms. The summed E-state index contributed by atoms with van der Waals surface area (Å²) in [5.74, 6) is 0. The van der Waals surface area contributed by atoms with E-state index in [-0.39, 0.29) is 6.04 Å². The second-order valence-electron chi connectivity index (χ2n) is 3.76. The van der Waals surface area contributed by atoms with E-state index < -0.39 is 6.17 Å². The number of nitrogens with zero attached hydrogens (tertiary/aromatic N) is 1. The molecule has 0 spiro atoms.